The van der Waals surface area contributed by atoms with Gasteiger partial charge in [-0.3, -0.25) is 9.59 Å². The number of anilines is 2. The highest BCUT2D eigenvalue weighted by molar-refractivity contribution is 6.01. The van der Waals surface area contributed by atoms with Crippen molar-refractivity contribution in [1.29, 1.82) is 0 Å². The summed E-state index contributed by atoms with van der Waals surface area (Å²) in [7, 11) is 0. The summed E-state index contributed by atoms with van der Waals surface area (Å²) in [5.74, 6) is -2.64. The van der Waals surface area contributed by atoms with Gasteiger partial charge in [0.1, 0.15) is 36.6 Å². The first-order valence-electron chi connectivity index (χ1n) is 11.2. The standard InChI is InChI=1S/C20H35N5O12/c21-18-12(7(28)2-1-3-8(29)14(33)16(35)10(31)5-26)24-19(22)13(25-18)20(37)23-4-9(30)15(34)17(36)11(32)6-27/h8-11,14-17,26-27,29-36H,1-6H2,(H2,21,25)(H2,22,24)(H,23,37)/t8-,9-,10+,11+,14+,15+,16+,17+/m1/s1. The largest absolute Gasteiger partial charge is 0.394 e. The second-order valence-corrected chi connectivity index (χ2v) is 8.31. The van der Waals surface area contributed by atoms with Crippen molar-refractivity contribution < 1.29 is 60.7 Å². The molecule has 17 nitrogen and oxygen atoms in total. The van der Waals surface area contributed by atoms with Crippen molar-refractivity contribution in [2.24, 2.45) is 0 Å². The lowest BCUT2D eigenvalue weighted by atomic mass is 9.98. The van der Waals surface area contributed by atoms with Crippen LogP contribution in [-0.2, 0) is 0 Å². The van der Waals surface area contributed by atoms with Crippen LogP contribution in [0.4, 0.5) is 11.6 Å². The molecule has 0 saturated carbocycles. The summed E-state index contributed by atoms with van der Waals surface area (Å²) in [6.07, 6.45) is -14.5. The topological polar surface area (TPSA) is 326 Å². The number of nitrogens with one attached hydrogen (secondary N) is 1. The first-order valence-corrected chi connectivity index (χ1v) is 11.2. The second kappa shape index (κ2) is 15.0. The van der Waals surface area contributed by atoms with E-state index in [1.165, 1.54) is 0 Å². The predicted molar refractivity (Wildman–Crippen MR) is 124 cm³/mol. The summed E-state index contributed by atoms with van der Waals surface area (Å²) < 4.78 is 0. The fraction of sp³-hybridized carbons (Fsp3) is 0.700. The van der Waals surface area contributed by atoms with Crippen LogP contribution in [0, 0.1) is 0 Å². The third-order valence-corrected chi connectivity index (χ3v) is 5.46. The van der Waals surface area contributed by atoms with Crippen molar-refractivity contribution in [2.45, 2.75) is 68.1 Å². The molecule has 1 aromatic rings. The lowest BCUT2D eigenvalue weighted by molar-refractivity contribution is -0.116. The number of rotatable bonds is 16. The number of hydrogen-bond acceptors (Lipinski definition) is 16. The Bertz CT molecular complexity index is 894. The average Bonchev–Trinajstić information content (AvgIpc) is 2.89. The second-order valence-electron chi connectivity index (χ2n) is 8.31. The number of ketones is 1. The summed E-state index contributed by atoms with van der Waals surface area (Å²) in [4.78, 5) is 32.3. The number of aliphatic hydroxyl groups excluding tert-OH is 10. The lowest BCUT2D eigenvalue weighted by Crippen LogP contribution is -2.49. The Hall–Kier alpha value is -2.58. The number of amides is 1. The molecule has 0 bridgehead atoms. The highest BCUT2D eigenvalue weighted by Crippen LogP contribution is 2.18. The Labute approximate surface area is 210 Å². The van der Waals surface area contributed by atoms with Crippen molar-refractivity contribution in [1.82, 2.24) is 15.3 Å². The van der Waals surface area contributed by atoms with Crippen LogP contribution in [0.1, 0.15) is 40.2 Å². The Kier molecular flexibility index (Phi) is 13.1. The number of carbonyl (C=O) groups excluding carboxylic acids is 2. The maximum Gasteiger partial charge on any atom is 0.273 e. The third-order valence-electron chi connectivity index (χ3n) is 5.46. The molecule has 37 heavy (non-hydrogen) atoms. The molecule has 0 aliphatic carbocycles. The van der Waals surface area contributed by atoms with Crippen molar-refractivity contribution in [3.05, 3.63) is 11.4 Å². The molecule has 0 fully saturated rings. The number of aromatic nitrogens is 2. The van der Waals surface area contributed by atoms with Crippen LogP contribution in [0.5, 0.6) is 0 Å². The van der Waals surface area contributed by atoms with Gasteiger partial charge in [0.2, 0.25) is 0 Å². The van der Waals surface area contributed by atoms with Gasteiger partial charge >= 0.3 is 0 Å². The molecule has 1 heterocycles. The van der Waals surface area contributed by atoms with E-state index in [0.29, 0.717) is 0 Å². The van der Waals surface area contributed by atoms with Gasteiger partial charge < -0.3 is 67.8 Å². The first kappa shape index (κ1) is 32.4. The zero-order valence-corrected chi connectivity index (χ0v) is 19.7. The van der Waals surface area contributed by atoms with Gasteiger partial charge in [-0.15, -0.1) is 0 Å². The molecule has 0 spiro atoms. The fourth-order valence-corrected chi connectivity index (χ4v) is 3.12. The number of aliphatic hydroxyl groups is 10. The number of nitrogen functional groups attached to an aromatic ring is 2. The molecule has 15 N–H and O–H groups in total. The Balaban J connectivity index is 2.73. The van der Waals surface area contributed by atoms with E-state index in [0.717, 1.165) is 0 Å². The number of Topliss-reactive ketones (excluding diaryl/α,β-unsaturated/α-hetero) is 1. The SMILES string of the molecule is Nc1nc(C(=O)NC[C@@H](O)[C@H](O)[C@@H](O)[C@@H](O)CO)c(N)nc1C(=O)CCC[C@@H](O)[C@H](O)[C@@H](O)[C@@H](O)CO. The van der Waals surface area contributed by atoms with Crippen molar-refractivity contribution >= 4 is 23.3 Å². The van der Waals surface area contributed by atoms with Crippen molar-refractivity contribution in [3.63, 3.8) is 0 Å². The minimum atomic E-state index is -1.92. The van der Waals surface area contributed by atoms with E-state index in [1.807, 2.05) is 0 Å². The Morgan fingerprint density at radius 2 is 1.14 bits per heavy atom. The van der Waals surface area contributed by atoms with Crippen molar-refractivity contribution in [3.8, 4) is 0 Å². The van der Waals surface area contributed by atoms with Crippen LogP contribution in [0.25, 0.3) is 0 Å². The molecular formula is C20H35N5O12. The van der Waals surface area contributed by atoms with Crippen LogP contribution >= 0.6 is 0 Å². The van der Waals surface area contributed by atoms with Gasteiger partial charge in [0.05, 0.1) is 25.4 Å². The molecule has 1 aromatic heterocycles. The molecule has 0 aliphatic rings. The average molecular weight is 538 g/mol. The molecule has 0 aliphatic heterocycles. The zero-order valence-electron chi connectivity index (χ0n) is 19.7. The smallest absolute Gasteiger partial charge is 0.273 e. The molecule has 0 radical (unpaired) electrons. The highest BCUT2D eigenvalue weighted by Gasteiger charge is 2.31. The third kappa shape index (κ3) is 9.04. The summed E-state index contributed by atoms with van der Waals surface area (Å²) in [5.41, 5.74) is 10.5. The molecule has 0 aromatic carbocycles. The Morgan fingerprint density at radius 3 is 1.65 bits per heavy atom. The maximum atomic E-state index is 12.4. The normalized spacial score (nSPS) is 18.2. The highest BCUT2D eigenvalue weighted by atomic mass is 16.4. The summed E-state index contributed by atoms with van der Waals surface area (Å²) in [6.45, 7) is -2.35. The van der Waals surface area contributed by atoms with E-state index in [1.54, 1.807) is 0 Å². The number of nitrogens with zero attached hydrogens (tertiary/aromatic N) is 2. The molecular weight excluding hydrogens is 502 g/mol. The molecule has 8 atom stereocenters. The van der Waals surface area contributed by atoms with E-state index in [4.69, 9.17) is 21.7 Å². The van der Waals surface area contributed by atoms with Crippen LogP contribution in [0.15, 0.2) is 0 Å². The summed E-state index contributed by atoms with van der Waals surface area (Å²) in [5, 5.41) is 96.9. The van der Waals surface area contributed by atoms with Gasteiger partial charge in [0.15, 0.2) is 28.8 Å². The van der Waals surface area contributed by atoms with E-state index in [2.05, 4.69) is 15.3 Å². The molecule has 212 valence electrons. The number of carbonyl (C=O) groups is 2. The van der Waals surface area contributed by atoms with Crippen LogP contribution in [0.2, 0.25) is 0 Å². The summed E-state index contributed by atoms with van der Waals surface area (Å²) in [6, 6.07) is 0. The molecule has 0 unspecified atom stereocenters. The van der Waals surface area contributed by atoms with Gasteiger partial charge in [0.25, 0.3) is 5.91 Å². The molecule has 0 saturated heterocycles. The van der Waals surface area contributed by atoms with E-state index in [9.17, 15) is 50.4 Å². The van der Waals surface area contributed by atoms with Crippen LogP contribution < -0.4 is 16.8 Å². The van der Waals surface area contributed by atoms with E-state index in [-0.39, 0.29) is 25.0 Å². The fourth-order valence-electron chi connectivity index (χ4n) is 3.12. The molecule has 1 amide bonds. The minimum Gasteiger partial charge on any atom is -0.394 e. The number of hydrogen-bond donors (Lipinski definition) is 13. The molecule has 17 heteroatoms. The zero-order chi connectivity index (χ0) is 28.4. The van der Waals surface area contributed by atoms with Crippen molar-refractivity contribution in [2.75, 3.05) is 31.2 Å². The first-order chi connectivity index (χ1) is 17.3. The van der Waals surface area contributed by atoms with E-state index >= 15 is 0 Å². The van der Waals surface area contributed by atoms with Gasteiger partial charge in [-0.1, -0.05) is 0 Å². The summed E-state index contributed by atoms with van der Waals surface area (Å²) >= 11 is 0. The van der Waals surface area contributed by atoms with Gasteiger partial charge in [-0.25, -0.2) is 9.97 Å². The van der Waals surface area contributed by atoms with E-state index < -0.39 is 97.6 Å². The lowest BCUT2D eigenvalue weighted by Gasteiger charge is -2.25. The molecule has 1 rings (SSSR count). The maximum absolute atomic E-state index is 12.4. The van der Waals surface area contributed by atoms with Gasteiger partial charge in [-0.05, 0) is 12.8 Å². The Morgan fingerprint density at radius 1 is 0.703 bits per heavy atom. The number of nitrogens with two attached hydrogens (primary N) is 2. The van der Waals surface area contributed by atoms with Crippen LogP contribution in [-0.4, -0.2) is 141 Å². The predicted octanol–water partition coefficient (Wildman–Crippen LogP) is -6.40. The van der Waals surface area contributed by atoms with Gasteiger partial charge in [-0.2, -0.15) is 0 Å². The monoisotopic (exact) mass is 537 g/mol. The minimum absolute atomic E-state index is 0.0146. The van der Waals surface area contributed by atoms with Gasteiger partial charge in [0, 0.05) is 13.0 Å². The quantitative estimate of drug-likeness (QED) is 0.0871. The van der Waals surface area contributed by atoms with Crippen LogP contribution in [0.3, 0.4) is 0 Å².